The molecule has 1 fully saturated rings. The van der Waals surface area contributed by atoms with E-state index < -0.39 is 0 Å². The van der Waals surface area contributed by atoms with Gasteiger partial charge in [0.25, 0.3) is 0 Å². The molecule has 1 saturated heterocycles. The molecule has 1 heterocycles. The van der Waals surface area contributed by atoms with Gasteiger partial charge >= 0.3 is 0 Å². The predicted molar refractivity (Wildman–Crippen MR) is 39.8 cm³/mol. The van der Waals surface area contributed by atoms with Crippen LogP contribution in [0.2, 0.25) is 0 Å². The van der Waals surface area contributed by atoms with Gasteiger partial charge in [0, 0.05) is 19.5 Å². The number of Topliss-reactive ketones (excluding diaryl/α,β-unsaturated/α-hetero) is 1. The van der Waals surface area contributed by atoms with Crippen molar-refractivity contribution in [2.24, 2.45) is 0 Å². The number of hydrogen-bond acceptors (Lipinski definition) is 3. The third-order valence-electron chi connectivity index (χ3n) is 1.86. The Balaban J connectivity index is 2.39. The first kappa shape index (κ1) is 8.62. The van der Waals surface area contributed by atoms with Gasteiger partial charge in [-0.3, -0.25) is 4.79 Å². The van der Waals surface area contributed by atoms with Crippen LogP contribution in [0.15, 0.2) is 0 Å². The van der Waals surface area contributed by atoms with Gasteiger partial charge in [-0.05, 0) is 0 Å². The Labute approximate surface area is 65.5 Å². The lowest BCUT2D eigenvalue weighted by Crippen LogP contribution is -2.51. The third-order valence-corrected chi connectivity index (χ3v) is 1.86. The molecule has 1 rings (SSSR count). The molecule has 0 amide bonds. The van der Waals surface area contributed by atoms with Crippen LogP contribution in [0, 0.1) is 0 Å². The number of piperazine rings is 1. The molecule has 0 aromatic carbocycles. The van der Waals surface area contributed by atoms with E-state index in [0.717, 1.165) is 0 Å². The fraction of sp³-hybridized carbons (Fsp3) is 0.857. The van der Waals surface area contributed by atoms with Gasteiger partial charge in [-0.15, -0.1) is 9.60 Å². The van der Waals surface area contributed by atoms with Crippen molar-refractivity contribution in [3.63, 3.8) is 0 Å². The molecule has 1 N–H and O–H groups in total. The monoisotopic (exact) mass is 160 g/mol. The molecule has 0 aliphatic carbocycles. The zero-order valence-electron chi connectivity index (χ0n) is 6.64. The molecule has 0 aromatic heterocycles. The lowest BCUT2D eigenvalue weighted by atomic mass is 10.1. The molecule has 0 aromatic rings. The third kappa shape index (κ3) is 2.24. The molecule has 1 aliphatic rings. The molecule has 0 radical (unpaired) electrons. The Kier molecular flexibility index (Phi) is 2.96. The Morgan fingerprint density at radius 3 is 3.09 bits per heavy atom. The van der Waals surface area contributed by atoms with E-state index in [-0.39, 0.29) is 18.4 Å². The zero-order chi connectivity index (χ0) is 8.27. The van der Waals surface area contributed by atoms with Crippen molar-refractivity contribution in [2.45, 2.75) is 19.4 Å². The number of nitrogens with zero attached hydrogens (tertiary/aromatic N) is 1. The van der Waals surface area contributed by atoms with E-state index in [1.807, 2.05) is 0 Å². The minimum atomic E-state index is -0.293. The number of carbonyl (C=O) groups is 1. The molecule has 3 nitrogen and oxygen atoms in total. The zero-order valence-corrected chi connectivity index (χ0v) is 6.64. The van der Waals surface area contributed by atoms with Crippen molar-refractivity contribution in [1.29, 1.82) is 0 Å². The summed E-state index contributed by atoms with van der Waals surface area (Å²) in [5, 5.41) is 3.66. The van der Waals surface area contributed by atoms with E-state index in [2.05, 4.69) is 5.32 Å². The van der Waals surface area contributed by atoms with Crippen molar-refractivity contribution in [1.82, 2.24) is 10.4 Å². The topological polar surface area (TPSA) is 32.3 Å². The van der Waals surface area contributed by atoms with Gasteiger partial charge in [0.2, 0.25) is 0 Å². The summed E-state index contributed by atoms with van der Waals surface area (Å²) in [7, 11) is 0. The Morgan fingerprint density at radius 2 is 2.55 bits per heavy atom. The summed E-state index contributed by atoms with van der Waals surface area (Å²) in [5.74, 6) is 0.0901. The highest BCUT2D eigenvalue weighted by molar-refractivity contribution is 5.84. The van der Waals surface area contributed by atoms with Crippen LogP contribution >= 0.6 is 0 Å². The normalized spacial score (nSPS) is 26.9. The SMILES string of the molecule is CCC(=O)C1CN(F)CCN1. The average Bonchev–Trinajstić information content (AvgIpc) is 2.03. The van der Waals surface area contributed by atoms with E-state index in [4.69, 9.17) is 0 Å². The molecule has 1 atom stereocenters. The van der Waals surface area contributed by atoms with Crippen LogP contribution in [0.4, 0.5) is 4.48 Å². The highest BCUT2D eigenvalue weighted by Gasteiger charge is 2.23. The van der Waals surface area contributed by atoms with Crippen molar-refractivity contribution in [3.05, 3.63) is 0 Å². The minimum Gasteiger partial charge on any atom is -0.305 e. The van der Waals surface area contributed by atoms with Crippen molar-refractivity contribution in [2.75, 3.05) is 19.6 Å². The van der Waals surface area contributed by atoms with E-state index >= 15 is 0 Å². The van der Waals surface area contributed by atoms with Gasteiger partial charge in [-0.2, -0.15) is 0 Å². The van der Waals surface area contributed by atoms with Crippen LogP contribution in [-0.4, -0.2) is 36.6 Å². The number of carbonyl (C=O) groups excluding carboxylic acids is 1. The number of hydrogen-bond donors (Lipinski definition) is 1. The first-order valence-corrected chi connectivity index (χ1v) is 3.91. The summed E-state index contributed by atoms with van der Waals surface area (Å²) in [5.41, 5.74) is 0. The van der Waals surface area contributed by atoms with E-state index in [0.29, 0.717) is 24.6 Å². The maximum Gasteiger partial charge on any atom is 0.150 e. The van der Waals surface area contributed by atoms with Gasteiger partial charge in [0.15, 0.2) is 5.78 Å². The molecule has 0 bridgehead atoms. The van der Waals surface area contributed by atoms with Gasteiger partial charge in [-0.25, -0.2) is 0 Å². The first-order valence-electron chi connectivity index (χ1n) is 3.91. The van der Waals surface area contributed by atoms with Gasteiger partial charge in [0.05, 0.1) is 12.6 Å². The van der Waals surface area contributed by atoms with Gasteiger partial charge in [-0.1, -0.05) is 6.92 Å². The summed E-state index contributed by atoms with van der Waals surface area (Å²) < 4.78 is 12.6. The molecule has 0 saturated carbocycles. The fourth-order valence-electron chi connectivity index (χ4n) is 1.18. The summed E-state index contributed by atoms with van der Waals surface area (Å²) in [4.78, 5) is 11.1. The number of rotatable bonds is 2. The second-order valence-corrected chi connectivity index (χ2v) is 2.70. The van der Waals surface area contributed by atoms with Crippen LogP contribution in [0.1, 0.15) is 13.3 Å². The minimum absolute atomic E-state index is 0.0901. The van der Waals surface area contributed by atoms with E-state index in [1.165, 1.54) is 0 Å². The Morgan fingerprint density at radius 1 is 1.82 bits per heavy atom. The summed E-state index contributed by atoms with van der Waals surface area (Å²) >= 11 is 0. The number of ketones is 1. The molecule has 4 heteroatoms. The summed E-state index contributed by atoms with van der Waals surface area (Å²) in [6.07, 6.45) is 0.478. The molecule has 1 aliphatic heterocycles. The maximum absolute atomic E-state index is 12.6. The van der Waals surface area contributed by atoms with Crippen molar-refractivity contribution in [3.8, 4) is 0 Å². The lowest BCUT2D eigenvalue weighted by Gasteiger charge is -2.26. The molecular formula is C7H13FN2O. The largest absolute Gasteiger partial charge is 0.305 e. The highest BCUT2D eigenvalue weighted by atomic mass is 19.2. The molecular weight excluding hydrogens is 147 g/mol. The van der Waals surface area contributed by atoms with Crippen LogP contribution in [0.5, 0.6) is 0 Å². The first-order chi connectivity index (χ1) is 5.24. The Bertz CT molecular complexity index is 151. The number of nitrogens with one attached hydrogen (secondary N) is 1. The van der Waals surface area contributed by atoms with Crippen molar-refractivity contribution >= 4 is 5.78 Å². The van der Waals surface area contributed by atoms with Crippen LogP contribution < -0.4 is 5.32 Å². The summed E-state index contributed by atoms with van der Waals surface area (Å²) in [6, 6.07) is -0.293. The predicted octanol–water partition coefficient (Wildman–Crippen LogP) is 0.124. The van der Waals surface area contributed by atoms with E-state index in [9.17, 15) is 9.28 Å². The quantitative estimate of drug-likeness (QED) is 0.582. The average molecular weight is 160 g/mol. The van der Waals surface area contributed by atoms with Gasteiger partial charge < -0.3 is 5.32 Å². The second-order valence-electron chi connectivity index (χ2n) is 2.70. The van der Waals surface area contributed by atoms with Crippen LogP contribution in [0.3, 0.4) is 0 Å². The molecule has 64 valence electrons. The maximum atomic E-state index is 12.6. The number of halogens is 1. The summed E-state index contributed by atoms with van der Waals surface area (Å²) in [6.45, 7) is 2.94. The van der Waals surface area contributed by atoms with Crippen LogP contribution in [0.25, 0.3) is 0 Å². The molecule has 0 spiro atoms. The van der Waals surface area contributed by atoms with Crippen molar-refractivity contribution < 1.29 is 9.28 Å². The highest BCUT2D eigenvalue weighted by Crippen LogP contribution is 2.01. The Hall–Kier alpha value is -0.480. The van der Waals surface area contributed by atoms with E-state index in [1.54, 1.807) is 6.92 Å². The molecule has 1 unspecified atom stereocenters. The smallest absolute Gasteiger partial charge is 0.150 e. The lowest BCUT2D eigenvalue weighted by molar-refractivity contribution is -0.124. The standard InChI is InChI=1S/C7H13FN2O/c1-2-7(11)6-5-10(8)4-3-9-6/h6,9H,2-5H2,1H3. The second kappa shape index (κ2) is 3.78. The van der Waals surface area contributed by atoms with Gasteiger partial charge in [0.1, 0.15) is 0 Å². The molecule has 11 heavy (non-hydrogen) atoms. The fourth-order valence-corrected chi connectivity index (χ4v) is 1.18. The van der Waals surface area contributed by atoms with Crippen LogP contribution in [-0.2, 0) is 4.79 Å².